The third-order valence-corrected chi connectivity index (χ3v) is 0.183. The highest BCUT2D eigenvalue weighted by Gasteiger charge is 2.04. The average molecular weight is 171 g/mol. The second-order valence-corrected chi connectivity index (χ2v) is 0.610. The molecule has 0 saturated carbocycles. The van der Waals surface area contributed by atoms with Crippen LogP contribution in [-0.2, 0) is 9.59 Å². The molecule has 0 bridgehead atoms. The molecule has 0 unspecified atom stereocenters. The topological polar surface area (TPSA) is 74.6 Å². The molecular weight excluding hydrogens is 168 g/mol. The lowest BCUT2D eigenvalue weighted by Gasteiger charge is -1.72. The standard InChI is InChI=1S/C2H2O4.BrH/c3-1(4)2(5)6;/h(H,3,4)(H,5,6);1H. The first-order valence-electron chi connectivity index (χ1n) is 1.11. The molecule has 42 valence electrons. The van der Waals surface area contributed by atoms with Gasteiger partial charge in [0.15, 0.2) is 0 Å². The molecule has 4 nitrogen and oxygen atoms in total. The molecule has 0 saturated heterocycles. The van der Waals surface area contributed by atoms with E-state index in [1.54, 1.807) is 0 Å². The van der Waals surface area contributed by atoms with E-state index in [9.17, 15) is 0 Å². The molecule has 0 fully saturated rings. The zero-order valence-electron chi connectivity index (χ0n) is 3.12. The van der Waals surface area contributed by atoms with Gasteiger partial charge < -0.3 is 10.2 Å². The van der Waals surface area contributed by atoms with Crippen molar-refractivity contribution in [2.75, 3.05) is 0 Å². The van der Waals surface area contributed by atoms with Crippen molar-refractivity contribution in [2.24, 2.45) is 0 Å². The SMILES string of the molecule is Br.O=C(O)C(=O)O. The molecule has 2 N–H and O–H groups in total. The minimum Gasteiger partial charge on any atom is -0.473 e. The van der Waals surface area contributed by atoms with Crippen LogP contribution in [0.4, 0.5) is 0 Å². The second-order valence-electron chi connectivity index (χ2n) is 0.610. The lowest BCUT2D eigenvalue weighted by atomic mass is 10.7. The van der Waals surface area contributed by atoms with Crippen LogP contribution in [0.15, 0.2) is 0 Å². The minimum atomic E-state index is -1.82. The number of hydrogen-bond acceptors (Lipinski definition) is 2. The fourth-order valence-electron chi connectivity index (χ4n) is 0. The molecule has 7 heavy (non-hydrogen) atoms. The summed E-state index contributed by atoms with van der Waals surface area (Å²) in [6.07, 6.45) is 0. The van der Waals surface area contributed by atoms with E-state index in [4.69, 9.17) is 19.8 Å². The first-order valence-corrected chi connectivity index (χ1v) is 1.11. The first-order chi connectivity index (χ1) is 2.64. The summed E-state index contributed by atoms with van der Waals surface area (Å²) in [7, 11) is 0. The van der Waals surface area contributed by atoms with Crippen molar-refractivity contribution in [1.29, 1.82) is 0 Å². The number of aliphatic carboxylic acids is 2. The van der Waals surface area contributed by atoms with Crippen molar-refractivity contribution < 1.29 is 19.8 Å². The highest BCUT2D eigenvalue weighted by Crippen LogP contribution is 1.56. The van der Waals surface area contributed by atoms with E-state index in [1.165, 1.54) is 0 Å². The molecule has 0 aromatic carbocycles. The number of carboxylic acids is 2. The lowest BCUT2D eigenvalue weighted by molar-refractivity contribution is -0.159. The number of rotatable bonds is 0. The fraction of sp³-hybridized carbons (Fsp3) is 0. The van der Waals surface area contributed by atoms with Gasteiger partial charge in [-0.1, -0.05) is 0 Å². The van der Waals surface area contributed by atoms with Crippen LogP contribution in [0.2, 0.25) is 0 Å². The predicted octanol–water partition coefficient (Wildman–Crippen LogP) is -0.267. The highest BCUT2D eigenvalue weighted by atomic mass is 79.9. The maximum Gasteiger partial charge on any atom is 0.414 e. The van der Waals surface area contributed by atoms with Gasteiger partial charge in [0.2, 0.25) is 0 Å². The quantitative estimate of drug-likeness (QED) is 0.492. The number of carboxylic acid groups (broad SMARTS) is 2. The van der Waals surface area contributed by atoms with Crippen molar-refractivity contribution in [3.05, 3.63) is 0 Å². The van der Waals surface area contributed by atoms with Crippen LogP contribution in [0.1, 0.15) is 0 Å². The molecule has 0 aromatic heterocycles. The molecule has 0 atom stereocenters. The average Bonchev–Trinajstić information content (AvgIpc) is 1.36. The Hall–Kier alpha value is -0.580. The molecule has 0 aliphatic carbocycles. The van der Waals surface area contributed by atoms with Crippen LogP contribution in [0.5, 0.6) is 0 Å². The monoisotopic (exact) mass is 170 g/mol. The minimum absolute atomic E-state index is 0. The van der Waals surface area contributed by atoms with Gasteiger partial charge in [0.25, 0.3) is 0 Å². The molecule has 0 rings (SSSR count). The second kappa shape index (κ2) is 3.60. The summed E-state index contributed by atoms with van der Waals surface area (Å²) >= 11 is 0. The van der Waals surface area contributed by atoms with Crippen LogP contribution < -0.4 is 0 Å². The van der Waals surface area contributed by atoms with Crippen molar-refractivity contribution in [3.63, 3.8) is 0 Å². The first kappa shape index (κ1) is 9.65. The predicted molar refractivity (Wildman–Crippen MR) is 25.6 cm³/mol. The maximum absolute atomic E-state index is 9.10. The van der Waals surface area contributed by atoms with E-state index >= 15 is 0 Å². The van der Waals surface area contributed by atoms with Crippen LogP contribution >= 0.6 is 17.0 Å². The molecule has 0 aliphatic heterocycles. The molecular formula is C2H3BrO4. The van der Waals surface area contributed by atoms with E-state index in [0.29, 0.717) is 0 Å². The van der Waals surface area contributed by atoms with Gasteiger partial charge in [-0.2, -0.15) is 0 Å². The Bertz CT molecular complexity index is 75.7. The summed E-state index contributed by atoms with van der Waals surface area (Å²) < 4.78 is 0. The molecule has 0 aliphatic rings. The van der Waals surface area contributed by atoms with Crippen LogP contribution in [0.25, 0.3) is 0 Å². The summed E-state index contributed by atoms with van der Waals surface area (Å²) in [5.74, 6) is -3.65. The molecule has 0 spiro atoms. The summed E-state index contributed by atoms with van der Waals surface area (Å²) in [6.45, 7) is 0. The highest BCUT2D eigenvalue weighted by molar-refractivity contribution is 8.93. The Morgan fingerprint density at radius 2 is 1.14 bits per heavy atom. The van der Waals surface area contributed by atoms with Crippen molar-refractivity contribution in [3.8, 4) is 0 Å². The van der Waals surface area contributed by atoms with Crippen molar-refractivity contribution in [1.82, 2.24) is 0 Å². The van der Waals surface area contributed by atoms with Gasteiger partial charge in [-0.15, -0.1) is 17.0 Å². The van der Waals surface area contributed by atoms with E-state index < -0.39 is 11.9 Å². The van der Waals surface area contributed by atoms with Gasteiger partial charge in [0.05, 0.1) is 0 Å². The smallest absolute Gasteiger partial charge is 0.414 e. The van der Waals surface area contributed by atoms with Gasteiger partial charge in [0.1, 0.15) is 0 Å². The molecule has 5 heteroatoms. The summed E-state index contributed by atoms with van der Waals surface area (Å²) in [5, 5.41) is 14.8. The third kappa shape index (κ3) is 5.42. The van der Waals surface area contributed by atoms with E-state index in [0.717, 1.165) is 0 Å². The van der Waals surface area contributed by atoms with Gasteiger partial charge in [-0.25, -0.2) is 9.59 Å². The zero-order chi connectivity index (χ0) is 5.15. The number of hydrogen-bond donors (Lipinski definition) is 2. The summed E-state index contributed by atoms with van der Waals surface area (Å²) in [5.41, 5.74) is 0. The van der Waals surface area contributed by atoms with Gasteiger partial charge in [-0.05, 0) is 0 Å². The number of halogens is 1. The normalized spacial score (nSPS) is 6.29. The Morgan fingerprint density at radius 1 is 1.00 bits per heavy atom. The molecule has 0 amide bonds. The maximum atomic E-state index is 9.10. The molecule has 0 aromatic rings. The third-order valence-electron chi connectivity index (χ3n) is 0.183. The summed E-state index contributed by atoms with van der Waals surface area (Å²) in [4.78, 5) is 18.2. The van der Waals surface area contributed by atoms with Crippen molar-refractivity contribution in [2.45, 2.75) is 0 Å². The molecule has 0 heterocycles. The van der Waals surface area contributed by atoms with Gasteiger partial charge >= 0.3 is 11.9 Å². The Kier molecular flexibility index (Phi) is 4.97. The van der Waals surface area contributed by atoms with E-state index in [2.05, 4.69) is 0 Å². The van der Waals surface area contributed by atoms with Gasteiger partial charge in [-0.3, -0.25) is 0 Å². The zero-order valence-corrected chi connectivity index (χ0v) is 4.83. The molecule has 0 radical (unpaired) electrons. The van der Waals surface area contributed by atoms with Crippen molar-refractivity contribution >= 4 is 28.9 Å². The number of carbonyl (C=O) groups is 2. The fourth-order valence-corrected chi connectivity index (χ4v) is 0. The summed E-state index contributed by atoms with van der Waals surface area (Å²) in [6, 6.07) is 0. The largest absolute Gasteiger partial charge is 0.473 e. The van der Waals surface area contributed by atoms with Crippen LogP contribution in [0, 0.1) is 0 Å². The Labute approximate surface area is 49.5 Å². The Morgan fingerprint density at radius 3 is 1.14 bits per heavy atom. The van der Waals surface area contributed by atoms with Crippen LogP contribution in [0.3, 0.4) is 0 Å². The van der Waals surface area contributed by atoms with E-state index in [1.807, 2.05) is 0 Å². The van der Waals surface area contributed by atoms with E-state index in [-0.39, 0.29) is 17.0 Å². The van der Waals surface area contributed by atoms with Crippen LogP contribution in [-0.4, -0.2) is 22.2 Å². The Balaban J connectivity index is 0. The van der Waals surface area contributed by atoms with Gasteiger partial charge in [0, 0.05) is 0 Å². The lowest BCUT2D eigenvalue weighted by Crippen LogP contribution is -2.09.